The Balaban J connectivity index is 2.30. The molecule has 0 bridgehead atoms. The first-order chi connectivity index (χ1) is 9.04. The summed E-state index contributed by atoms with van der Waals surface area (Å²) in [7, 11) is 0. The lowest BCUT2D eigenvalue weighted by Crippen LogP contribution is -2.52. The summed E-state index contributed by atoms with van der Waals surface area (Å²) in [6, 6.07) is 0.448. The Morgan fingerprint density at radius 3 is 2.63 bits per heavy atom. The van der Waals surface area contributed by atoms with Crippen LogP contribution in [0.3, 0.4) is 0 Å². The van der Waals surface area contributed by atoms with E-state index in [1.54, 1.807) is 0 Å². The van der Waals surface area contributed by atoms with Gasteiger partial charge in [-0.2, -0.15) is 11.8 Å². The standard InChI is InChI=1S/C15H29NO2S/c1-4-12(3)11-19-10-6-9-15(5-2,14(17)18)16-13-7-8-13/h12-13,16H,4-11H2,1-3H3,(H,17,18). The molecule has 112 valence electrons. The lowest BCUT2D eigenvalue weighted by Gasteiger charge is -2.29. The van der Waals surface area contributed by atoms with Crippen LogP contribution in [0, 0.1) is 5.92 Å². The van der Waals surface area contributed by atoms with Crippen LogP contribution in [0.1, 0.15) is 59.3 Å². The van der Waals surface area contributed by atoms with Crippen LogP contribution < -0.4 is 5.32 Å². The van der Waals surface area contributed by atoms with Crippen LogP contribution >= 0.6 is 11.8 Å². The number of hydrogen-bond donors (Lipinski definition) is 2. The molecule has 3 nitrogen and oxygen atoms in total. The van der Waals surface area contributed by atoms with Crippen molar-refractivity contribution in [1.82, 2.24) is 5.32 Å². The number of carboxylic acid groups (broad SMARTS) is 1. The highest BCUT2D eigenvalue weighted by molar-refractivity contribution is 7.99. The van der Waals surface area contributed by atoms with Gasteiger partial charge in [-0.25, -0.2) is 0 Å². The summed E-state index contributed by atoms with van der Waals surface area (Å²) in [6.45, 7) is 6.47. The van der Waals surface area contributed by atoms with Crippen LogP contribution in [0.25, 0.3) is 0 Å². The van der Waals surface area contributed by atoms with E-state index in [1.807, 2.05) is 18.7 Å². The lowest BCUT2D eigenvalue weighted by atomic mass is 9.90. The molecule has 1 fully saturated rings. The van der Waals surface area contributed by atoms with Gasteiger partial charge < -0.3 is 5.11 Å². The highest BCUT2D eigenvalue weighted by Gasteiger charge is 2.40. The van der Waals surface area contributed by atoms with Crippen molar-refractivity contribution in [1.29, 1.82) is 0 Å². The number of nitrogens with one attached hydrogen (secondary N) is 1. The molecule has 2 N–H and O–H groups in total. The molecular formula is C15H29NO2S. The van der Waals surface area contributed by atoms with E-state index < -0.39 is 11.5 Å². The van der Waals surface area contributed by atoms with E-state index in [1.165, 1.54) is 12.2 Å². The fourth-order valence-corrected chi connectivity index (χ4v) is 3.32. The maximum Gasteiger partial charge on any atom is 0.323 e. The summed E-state index contributed by atoms with van der Waals surface area (Å²) < 4.78 is 0. The minimum absolute atomic E-state index is 0.448. The van der Waals surface area contributed by atoms with Gasteiger partial charge in [0.1, 0.15) is 5.54 Å². The number of rotatable bonds is 11. The minimum Gasteiger partial charge on any atom is -0.480 e. The predicted octanol–water partition coefficient (Wildman–Crippen LogP) is 3.53. The van der Waals surface area contributed by atoms with Crippen molar-refractivity contribution in [3.63, 3.8) is 0 Å². The Hall–Kier alpha value is -0.220. The minimum atomic E-state index is -0.682. The summed E-state index contributed by atoms with van der Waals surface area (Å²) in [5, 5.41) is 12.9. The van der Waals surface area contributed by atoms with Gasteiger partial charge in [0.05, 0.1) is 0 Å². The molecular weight excluding hydrogens is 258 g/mol. The molecule has 2 atom stereocenters. The Morgan fingerprint density at radius 1 is 1.47 bits per heavy atom. The van der Waals surface area contributed by atoms with Gasteiger partial charge in [0, 0.05) is 6.04 Å². The molecule has 0 spiro atoms. The van der Waals surface area contributed by atoms with Crippen LogP contribution in [0.15, 0.2) is 0 Å². The highest BCUT2D eigenvalue weighted by Crippen LogP contribution is 2.28. The first kappa shape index (κ1) is 16.8. The number of aliphatic carboxylic acids is 1. The molecule has 0 amide bonds. The third-order valence-corrected chi connectivity index (χ3v) is 5.44. The van der Waals surface area contributed by atoms with E-state index in [0.717, 1.165) is 37.4 Å². The summed E-state index contributed by atoms with van der Waals surface area (Å²) >= 11 is 1.96. The molecule has 1 saturated carbocycles. The van der Waals surface area contributed by atoms with E-state index in [2.05, 4.69) is 19.2 Å². The smallest absolute Gasteiger partial charge is 0.323 e. The molecule has 2 unspecified atom stereocenters. The zero-order chi connectivity index (χ0) is 14.3. The molecule has 4 heteroatoms. The first-order valence-corrected chi connectivity index (χ1v) is 8.78. The molecule has 0 aromatic heterocycles. The van der Waals surface area contributed by atoms with Gasteiger partial charge in [-0.3, -0.25) is 10.1 Å². The van der Waals surface area contributed by atoms with E-state index in [-0.39, 0.29) is 0 Å². The summed E-state index contributed by atoms with van der Waals surface area (Å²) in [6.07, 6.45) is 5.92. The Bertz CT molecular complexity index is 281. The molecule has 0 aromatic carbocycles. The average Bonchev–Trinajstić information content (AvgIpc) is 3.20. The SMILES string of the molecule is CCC(C)CSCCCC(CC)(NC1CC1)C(=O)O. The van der Waals surface area contributed by atoms with Gasteiger partial charge in [-0.05, 0) is 49.5 Å². The molecule has 19 heavy (non-hydrogen) atoms. The van der Waals surface area contributed by atoms with Gasteiger partial charge in [-0.1, -0.05) is 27.2 Å². The van der Waals surface area contributed by atoms with Crippen LogP contribution in [0.4, 0.5) is 0 Å². The van der Waals surface area contributed by atoms with E-state index in [9.17, 15) is 9.90 Å². The van der Waals surface area contributed by atoms with Crippen LogP contribution in [-0.4, -0.2) is 34.2 Å². The van der Waals surface area contributed by atoms with Gasteiger partial charge >= 0.3 is 5.97 Å². The Kier molecular flexibility index (Phi) is 7.22. The van der Waals surface area contributed by atoms with Gasteiger partial charge in [0.15, 0.2) is 0 Å². The monoisotopic (exact) mass is 287 g/mol. The maximum atomic E-state index is 11.6. The Labute approximate surface area is 121 Å². The normalized spacial score (nSPS) is 19.9. The van der Waals surface area contributed by atoms with Crippen LogP contribution in [-0.2, 0) is 4.79 Å². The van der Waals surface area contributed by atoms with Crippen LogP contribution in [0.2, 0.25) is 0 Å². The molecule has 1 rings (SSSR count). The third-order valence-electron chi connectivity index (χ3n) is 4.06. The molecule has 1 aliphatic rings. The molecule has 1 aliphatic carbocycles. The molecule has 0 radical (unpaired) electrons. The number of hydrogen-bond acceptors (Lipinski definition) is 3. The van der Waals surface area contributed by atoms with Crippen molar-refractivity contribution in [3.8, 4) is 0 Å². The highest BCUT2D eigenvalue weighted by atomic mass is 32.2. The second-order valence-electron chi connectivity index (χ2n) is 5.85. The Morgan fingerprint density at radius 2 is 2.16 bits per heavy atom. The largest absolute Gasteiger partial charge is 0.480 e. The predicted molar refractivity (Wildman–Crippen MR) is 82.8 cm³/mol. The first-order valence-electron chi connectivity index (χ1n) is 7.63. The molecule has 0 saturated heterocycles. The molecule has 0 heterocycles. The second-order valence-corrected chi connectivity index (χ2v) is 7.00. The maximum absolute atomic E-state index is 11.6. The van der Waals surface area contributed by atoms with Gasteiger partial charge in [0.25, 0.3) is 0 Å². The zero-order valence-corrected chi connectivity index (χ0v) is 13.4. The second kappa shape index (κ2) is 8.15. The summed E-state index contributed by atoms with van der Waals surface area (Å²) in [4.78, 5) is 11.6. The fraction of sp³-hybridized carbons (Fsp3) is 0.933. The van der Waals surface area contributed by atoms with Gasteiger partial charge in [0.2, 0.25) is 0 Å². The lowest BCUT2D eigenvalue weighted by molar-refractivity contribution is -0.145. The molecule has 0 aromatic rings. The average molecular weight is 287 g/mol. The quantitative estimate of drug-likeness (QED) is 0.571. The van der Waals surface area contributed by atoms with E-state index >= 15 is 0 Å². The van der Waals surface area contributed by atoms with Crippen molar-refractivity contribution in [2.24, 2.45) is 5.92 Å². The summed E-state index contributed by atoms with van der Waals surface area (Å²) in [5.74, 6) is 2.36. The van der Waals surface area contributed by atoms with Crippen molar-refractivity contribution in [2.75, 3.05) is 11.5 Å². The van der Waals surface area contributed by atoms with Crippen molar-refractivity contribution in [3.05, 3.63) is 0 Å². The van der Waals surface area contributed by atoms with E-state index in [4.69, 9.17) is 0 Å². The number of carboxylic acids is 1. The number of thioether (sulfide) groups is 1. The topological polar surface area (TPSA) is 49.3 Å². The van der Waals surface area contributed by atoms with Gasteiger partial charge in [-0.15, -0.1) is 0 Å². The van der Waals surface area contributed by atoms with E-state index in [0.29, 0.717) is 12.5 Å². The number of carbonyl (C=O) groups is 1. The van der Waals surface area contributed by atoms with Crippen molar-refractivity contribution in [2.45, 2.75) is 70.9 Å². The fourth-order valence-electron chi connectivity index (χ4n) is 2.17. The molecule has 0 aliphatic heterocycles. The summed E-state index contributed by atoms with van der Waals surface area (Å²) in [5.41, 5.74) is -0.682. The zero-order valence-electron chi connectivity index (χ0n) is 12.6. The van der Waals surface area contributed by atoms with Crippen LogP contribution in [0.5, 0.6) is 0 Å². The third kappa shape index (κ3) is 5.74. The van der Waals surface area contributed by atoms with Crippen molar-refractivity contribution < 1.29 is 9.90 Å². The van der Waals surface area contributed by atoms with Crippen molar-refractivity contribution >= 4 is 17.7 Å².